The smallest absolute Gasteiger partial charge is 0.248 e. The molecule has 0 unspecified atom stereocenters. The molecule has 218 valence electrons. The maximum atomic E-state index is 15.0. The third kappa shape index (κ3) is 6.51. The topological polar surface area (TPSA) is 95.9 Å². The second-order valence-electron chi connectivity index (χ2n) is 11.1. The molecule has 1 saturated heterocycles. The van der Waals surface area contributed by atoms with E-state index in [0.29, 0.717) is 36.7 Å². The van der Waals surface area contributed by atoms with E-state index in [4.69, 9.17) is 9.84 Å². The molecule has 6 rings (SSSR count). The predicted octanol–water partition coefficient (Wildman–Crippen LogP) is 5.23. The van der Waals surface area contributed by atoms with Gasteiger partial charge in [0.2, 0.25) is 5.91 Å². The van der Waals surface area contributed by atoms with Gasteiger partial charge in [-0.05, 0) is 41.3 Å². The standard InChI is InChI=1S/C32H33FN4O4S/c33-25-16-22(15-24(39)14-21-2-1-3-21)5-7-28(25)41-29-8-9-34-27-17-30(42-32(27)29)26-6-4-23(18-35-26)19-36-10-12-37(13-11-36)31(40)20-38/h4-9,16-18,21,38H,1-3,10-15,19-20H2. The average molecular weight is 589 g/mol. The van der Waals surface area contributed by atoms with Crippen molar-refractivity contribution in [2.75, 3.05) is 32.8 Å². The summed E-state index contributed by atoms with van der Waals surface area (Å²) in [6.07, 6.45) is 7.78. The molecule has 4 aromatic rings. The number of hydrogen-bond donors (Lipinski definition) is 1. The van der Waals surface area contributed by atoms with E-state index < -0.39 is 12.4 Å². The first-order chi connectivity index (χ1) is 20.4. The minimum atomic E-state index is -0.496. The van der Waals surface area contributed by atoms with Gasteiger partial charge in [0.05, 0.1) is 20.8 Å². The van der Waals surface area contributed by atoms with Crippen molar-refractivity contribution in [3.05, 3.63) is 71.8 Å². The van der Waals surface area contributed by atoms with Crippen molar-refractivity contribution in [2.45, 2.75) is 38.6 Å². The number of nitrogens with zero attached hydrogens (tertiary/aromatic N) is 4. The van der Waals surface area contributed by atoms with Gasteiger partial charge in [-0.2, -0.15) is 0 Å². The molecule has 42 heavy (non-hydrogen) atoms. The van der Waals surface area contributed by atoms with Crippen molar-refractivity contribution < 1.29 is 23.8 Å². The average Bonchev–Trinajstić information content (AvgIpc) is 3.42. The number of fused-ring (bicyclic) bond motifs is 1. The molecule has 1 amide bonds. The number of pyridine rings is 2. The second-order valence-corrected chi connectivity index (χ2v) is 12.1. The van der Waals surface area contributed by atoms with E-state index in [0.717, 1.165) is 58.8 Å². The number of benzene rings is 1. The molecule has 2 aliphatic rings. The Kier molecular flexibility index (Phi) is 8.55. The molecule has 1 aliphatic carbocycles. The number of carbonyl (C=O) groups is 2. The number of piperazine rings is 1. The Morgan fingerprint density at radius 1 is 1.00 bits per heavy atom. The molecule has 0 bridgehead atoms. The fourth-order valence-electron chi connectivity index (χ4n) is 5.47. The molecule has 1 saturated carbocycles. The zero-order valence-corrected chi connectivity index (χ0v) is 24.1. The number of thiophene rings is 1. The Bertz CT molecular complexity index is 1580. The predicted molar refractivity (Wildman–Crippen MR) is 159 cm³/mol. The highest BCUT2D eigenvalue weighted by Crippen LogP contribution is 2.39. The van der Waals surface area contributed by atoms with Crippen LogP contribution in [0.15, 0.2) is 54.9 Å². The lowest BCUT2D eigenvalue weighted by atomic mass is 9.81. The minimum absolute atomic E-state index is 0.108. The minimum Gasteiger partial charge on any atom is -0.453 e. The lowest BCUT2D eigenvalue weighted by molar-refractivity contribution is -0.136. The number of halogens is 1. The van der Waals surface area contributed by atoms with E-state index in [9.17, 15) is 14.0 Å². The highest BCUT2D eigenvalue weighted by molar-refractivity contribution is 7.22. The van der Waals surface area contributed by atoms with Crippen molar-refractivity contribution in [3.8, 4) is 22.1 Å². The quantitative estimate of drug-likeness (QED) is 0.271. The van der Waals surface area contributed by atoms with Crippen LogP contribution in [0.1, 0.15) is 36.8 Å². The van der Waals surface area contributed by atoms with Crippen LogP contribution in [0.25, 0.3) is 20.8 Å². The van der Waals surface area contributed by atoms with Gasteiger partial charge in [0, 0.05) is 64.0 Å². The summed E-state index contributed by atoms with van der Waals surface area (Å²) in [4.78, 5) is 38.1. The fourth-order valence-corrected chi connectivity index (χ4v) is 6.52. The maximum Gasteiger partial charge on any atom is 0.248 e. The number of aliphatic hydroxyl groups excluding tert-OH is 1. The number of hydrogen-bond acceptors (Lipinski definition) is 8. The number of Topliss-reactive ketones (excluding diaryl/α,β-unsaturated/α-hetero) is 1. The van der Waals surface area contributed by atoms with Crippen LogP contribution >= 0.6 is 11.3 Å². The summed E-state index contributed by atoms with van der Waals surface area (Å²) in [6.45, 7) is 3.01. The number of carbonyl (C=O) groups excluding carboxylic acids is 2. The lowest BCUT2D eigenvalue weighted by Gasteiger charge is -2.34. The van der Waals surface area contributed by atoms with Gasteiger partial charge in [-0.3, -0.25) is 24.5 Å². The summed E-state index contributed by atoms with van der Waals surface area (Å²) >= 11 is 1.49. The van der Waals surface area contributed by atoms with Gasteiger partial charge in [0.1, 0.15) is 18.1 Å². The molecule has 0 atom stereocenters. The van der Waals surface area contributed by atoms with Gasteiger partial charge < -0.3 is 14.7 Å². The summed E-state index contributed by atoms with van der Waals surface area (Å²) < 4.78 is 21.8. The lowest BCUT2D eigenvalue weighted by Crippen LogP contribution is -2.49. The molecule has 1 aromatic carbocycles. The van der Waals surface area contributed by atoms with Crippen LogP contribution in [0.4, 0.5) is 4.39 Å². The number of rotatable bonds is 10. The van der Waals surface area contributed by atoms with Gasteiger partial charge in [-0.25, -0.2) is 4.39 Å². The van der Waals surface area contributed by atoms with Crippen LogP contribution in [-0.2, 0) is 22.6 Å². The maximum absolute atomic E-state index is 15.0. The fraction of sp³-hybridized carbons (Fsp3) is 0.375. The Morgan fingerprint density at radius 3 is 2.50 bits per heavy atom. The second kappa shape index (κ2) is 12.6. The van der Waals surface area contributed by atoms with Crippen LogP contribution in [-0.4, -0.2) is 69.4 Å². The zero-order chi connectivity index (χ0) is 29.1. The van der Waals surface area contributed by atoms with E-state index in [1.807, 2.05) is 18.3 Å². The van der Waals surface area contributed by atoms with Crippen molar-refractivity contribution in [1.82, 2.24) is 19.8 Å². The highest BCUT2D eigenvalue weighted by atomic mass is 32.1. The van der Waals surface area contributed by atoms with Crippen molar-refractivity contribution in [1.29, 1.82) is 0 Å². The normalized spacial score (nSPS) is 16.0. The Hall–Kier alpha value is -3.73. The van der Waals surface area contributed by atoms with Crippen LogP contribution in [0.5, 0.6) is 11.5 Å². The summed E-state index contributed by atoms with van der Waals surface area (Å²) in [5.74, 6) is 0.561. The van der Waals surface area contributed by atoms with Crippen LogP contribution < -0.4 is 4.74 Å². The Balaban J connectivity index is 1.10. The van der Waals surface area contributed by atoms with Crippen molar-refractivity contribution >= 4 is 33.2 Å². The first kappa shape index (κ1) is 28.4. The van der Waals surface area contributed by atoms with Gasteiger partial charge in [0.25, 0.3) is 0 Å². The van der Waals surface area contributed by atoms with Gasteiger partial charge in [0.15, 0.2) is 11.6 Å². The summed E-state index contributed by atoms with van der Waals surface area (Å²) in [5.41, 5.74) is 3.30. The SMILES string of the molecule is O=C(Cc1ccc(Oc2ccnc3cc(-c4ccc(CN5CCN(C(=O)CO)CC5)cn4)sc23)c(F)c1)CC1CCC1. The molecule has 2 fully saturated rings. The molecule has 3 aromatic heterocycles. The molecular formula is C32H33FN4O4S. The van der Waals surface area contributed by atoms with E-state index in [2.05, 4.69) is 20.9 Å². The summed E-state index contributed by atoms with van der Waals surface area (Å²) in [7, 11) is 0. The Morgan fingerprint density at radius 2 is 1.81 bits per heavy atom. The first-order valence-electron chi connectivity index (χ1n) is 14.4. The van der Waals surface area contributed by atoms with Gasteiger partial charge >= 0.3 is 0 Å². The molecule has 1 N–H and O–H groups in total. The number of ether oxygens (including phenoxy) is 1. The summed E-state index contributed by atoms with van der Waals surface area (Å²) in [6, 6.07) is 12.5. The molecule has 0 spiro atoms. The first-order valence-corrected chi connectivity index (χ1v) is 15.2. The molecular weight excluding hydrogens is 555 g/mol. The molecule has 1 aliphatic heterocycles. The number of aliphatic hydroxyl groups is 1. The van der Waals surface area contributed by atoms with E-state index in [1.165, 1.54) is 23.8 Å². The van der Waals surface area contributed by atoms with Crippen LogP contribution in [0.3, 0.4) is 0 Å². The van der Waals surface area contributed by atoms with Crippen LogP contribution in [0.2, 0.25) is 0 Å². The molecule has 8 nitrogen and oxygen atoms in total. The molecule has 0 radical (unpaired) electrons. The van der Waals surface area contributed by atoms with E-state index in [1.54, 1.807) is 29.3 Å². The van der Waals surface area contributed by atoms with E-state index in [-0.39, 0.29) is 23.9 Å². The number of amides is 1. The molecule has 4 heterocycles. The van der Waals surface area contributed by atoms with Crippen molar-refractivity contribution in [2.24, 2.45) is 5.92 Å². The van der Waals surface area contributed by atoms with Gasteiger partial charge in [-0.1, -0.05) is 31.4 Å². The third-order valence-electron chi connectivity index (χ3n) is 8.08. The Labute approximate surface area is 247 Å². The van der Waals surface area contributed by atoms with Crippen LogP contribution in [0, 0.1) is 11.7 Å². The van der Waals surface area contributed by atoms with E-state index >= 15 is 0 Å². The molecule has 10 heteroatoms. The van der Waals surface area contributed by atoms with Crippen molar-refractivity contribution in [3.63, 3.8) is 0 Å². The summed E-state index contributed by atoms with van der Waals surface area (Å²) in [5, 5.41) is 9.06. The van der Waals surface area contributed by atoms with Gasteiger partial charge in [-0.15, -0.1) is 11.3 Å². The zero-order valence-electron chi connectivity index (χ0n) is 23.3. The highest BCUT2D eigenvalue weighted by Gasteiger charge is 2.22. The third-order valence-corrected chi connectivity index (χ3v) is 9.24. The largest absolute Gasteiger partial charge is 0.453 e. The monoisotopic (exact) mass is 588 g/mol. The number of ketones is 1. The number of aromatic nitrogens is 2.